The lowest BCUT2D eigenvalue weighted by Crippen LogP contribution is -2.49. The smallest absolute Gasteiger partial charge is 0.342 e. The van der Waals surface area contributed by atoms with Gasteiger partial charge in [-0.15, -0.1) is 0 Å². The first kappa shape index (κ1) is 20.2. The number of nitrogens with one attached hydrogen (secondary N) is 1. The minimum Gasteiger partial charge on any atom is -0.342 e. The number of carbonyl (C=O) groups excluding carboxylic acids is 1. The van der Waals surface area contributed by atoms with Crippen molar-refractivity contribution in [1.82, 2.24) is 15.1 Å². The Morgan fingerprint density at radius 2 is 1.65 bits per heavy atom. The quantitative estimate of drug-likeness (QED) is 0.859. The first-order valence-electron chi connectivity index (χ1n) is 8.63. The van der Waals surface area contributed by atoms with Gasteiger partial charge in [-0.2, -0.15) is 13.2 Å². The molecule has 23 heavy (non-hydrogen) atoms. The van der Waals surface area contributed by atoms with Gasteiger partial charge in [0.2, 0.25) is 5.91 Å². The summed E-state index contributed by atoms with van der Waals surface area (Å²) in [6.45, 7) is 6.04. The molecule has 0 aromatic rings. The second kappa shape index (κ2) is 9.47. The summed E-state index contributed by atoms with van der Waals surface area (Å²) in [5.41, 5.74) is 0. The van der Waals surface area contributed by atoms with E-state index in [1.54, 1.807) is 0 Å². The molecule has 0 bridgehead atoms. The predicted molar refractivity (Wildman–Crippen MR) is 85.2 cm³/mol. The van der Waals surface area contributed by atoms with E-state index in [0.29, 0.717) is 25.9 Å². The fraction of sp³-hybridized carbons (Fsp3) is 0.938. The summed E-state index contributed by atoms with van der Waals surface area (Å²) >= 11 is 0. The van der Waals surface area contributed by atoms with Crippen LogP contribution in [-0.4, -0.2) is 67.7 Å². The summed E-state index contributed by atoms with van der Waals surface area (Å²) in [5, 5.41) is 3.23. The van der Waals surface area contributed by atoms with Gasteiger partial charge in [0.05, 0.1) is 6.54 Å². The van der Waals surface area contributed by atoms with E-state index in [1.165, 1.54) is 11.9 Å². The zero-order valence-corrected chi connectivity index (χ0v) is 14.5. The number of piperidine rings is 2. The summed E-state index contributed by atoms with van der Waals surface area (Å²) < 4.78 is 37.2. The predicted octanol–water partition coefficient (Wildman–Crippen LogP) is 2.50. The van der Waals surface area contributed by atoms with Gasteiger partial charge in [0.15, 0.2) is 0 Å². The van der Waals surface area contributed by atoms with Gasteiger partial charge in [-0.25, -0.2) is 0 Å². The largest absolute Gasteiger partial charge is 0.401 e. The van der Waals surface area contributed by atoms with Crippen molar-refractivity contribution in [3.05, 3.63) is 0 Å². The highest BCUT2D eigenvalue weighted by molar-refractivity contribution is 5.79. The van der Waals surface area contributed by atoms with Gasteiger partial charge >= 0.3 is 6.18 Å². The molecule has 136 valence electrons. The summed E-state index contributed by atoms with van der Waals surface area (Å²) in [7, 11) is 1.52. The maximum absolute atomic E-state index is 12.4. The molecule has 2 aliphatic heterocycles. The number of likely N-dealkylation sites (tertiary alicyclic amines) is 1. The maximum atomic E-state index is 12.4. The SMILES string of the molecule is CC.CN(CC(F)(F)F)C1CCN(C(=O)C2CCNCC2)CC1. The lowest BCUT2D eigenvalue weighted by Gasteiger charge is -2.38. The van der Waals surface area contributed by atoms with Crippen LogP contribution in [0.3, 0.4) is 0 Å². The Morgan fingerprint density at radius 3 is 2.13 bits per heavy atom. The van der Waals surface area contributed by atoms with Crippen molar-refractivity contribution in [3.63, 3.8) is 0 Å². The highest BCUT2D eigenvalue weighted by Gasteiger charge is 2.34. The van der Waals surface area contributed by atoms with E-state index in [1.807, 2.05) is 18.7 Å². The van der Waals surface area contributed by atoms with Crippen molar-refractivity contribution in [3.8, 4) is 0 Å². The lowest BCUT2D eigenvalue weighted by atomic mass is 9.94. The summed E-state index contributed by atoms with van der Waals surface area (Å²) in [5.74, 6) is 0.282. The van der Waals surface area contributed by atoms with Gasteiger partial charge in [0.25, 0.3) is 0 Å². The Labute approximate surface area is 137 Å². The molecule has 1 amide bonds. The molecule has 0 saturated carbocycles. The number of hydrogen-bond donors (Lipinski definition) is 1. The topological polar surface area (TPSA) is 35.6 Å². The molecule has 2 heterocycles. The maximum Gasteiger partial charge on any atom is 0.401 e. The molecule has 1 N–H and O–H groups in total. The lowest BCUT2D eigenvalue weighted by molar-refractivity contribution is -0.151. The summed E-state index contributed by atoms with van der Waals surface area (Å²) in [6.07, 6.45) is -1.16. The molecule has 0 aromatic carbocycles. The van der Waals surface area contributed by atoms with Crippen LogP contribution in [0.2, 0.25) is 0 Å². The second-order valence-corrected chi connectivity index (χ2v) is 6.11. The highest BCUT2D eigenvalue weighted by Crippen LogP contribution is 2.23. The number of amides is 1. The van der Waals surface area contributed by atoms with E-state index in [0.717, 1.165) is 25.9 Å². The standard InChI is InChI=1S/C14H24F3N3O.C2H6/c1-19(10-14(15,16)17)12-4-8-20(9-5-12)13(21)11-2-6-18-7-3-11;1-2/h11-12,18H,2-10H2,1H3;1-2H3. The van der Waals surface area contributed by atoms with Crippen molar-refractivity contribution in [2.45, 2.75) is 51.7 Å². The highest BCUT2D eigenvalue weighted by atomic mass is 19.4. The van der Waals surface area contributed by atoms with Crippen LogP contribution >= 0.6 is 0 Å². The third kappa shape index (κ3) is 6.67. The number of carbonyl (C=O) groups is 1. The van der Waals surface area contributed by atoms with Crippen LogP contribution < -0.4 is 5.32 Å². The normalized spacial score (nSPS) is 21.1. The number of nitrogens with zero attached hydrogens (tertiary/aromatic N) is 2. The molecule has 0 aromatic heterocycles. The minimum atomic E-state index is -4.16. The molecule has 7 heteroatoms. The Hall–Kier alpha value is -0.820. The fourth-order valence-electron chi connectivity index (χ4n) is 3.27. The van der Waals surface area contributed by atoms with E-state index in [2.05, 4.69) is 5.32 Å². The fourth-order valence-corrected chi connectivity index (χ4v) is 3.27. The van der Waals surface area contributed by atoms with Crippen molar-refractivity contribution >= 4 is 5.91 Å². The van der Waals surface area contributed by atoms with Gasteiger partial charge < -0.3 is 10.2 Å². The van der Waals surface area contributed by atoms with Gasteiger partial charge in [0, 0.05) is 25.0 Å². The molecule has 2 saturated heterocycles. The second-order valence-electron chi connectivity index (χ2n) is 6.11. The number of halogens is 3. The number of rotatable bonds is 3. The molecular weight excluding hydrogens is 307 g/mol. The molecule has 0 radical (unpaired) electrons. The van der Waals surface area contributed by atoms with E-state index < -0.39 is 12.7 Å². The zero-order chi connectivity index (χ0) is 17.5. The van der Waals surface area contributed by atoms with Gasteiger partial charge in [-0.1, -0.05) is 13.8 Å². The molecule has 2 rings (SSSR count). The molecule has 4 nitrogen and oxygen atoms in total. The Bertz CT molecular complexity index is 349. The summed E-state index contributed by atoms with van der Waals surface area (Å²) in [6, 6.07) is -0.0799. The van der Waals surface area contributed by atoms with Gasteiger partial charge in [-0.3, -0.25) is 9.69 Å². The van der Waals surface area contributed by atoms with Crippen LogP contribution in [0, 0.1) is 5.92 Å². The van der Waals surface area contributed by atoms with Crippen LogP contribution in [0.25, 0.3) is 0 Å². The minimum absolute atomic E-state index is 0.0799. The monoisotopic (exact) mass is 337 g/mol. The van der Waals surface area contributed by atoms with Crippen LogP contribution in [0.4, 0.5) is 13.2 Å². The van der Waals surface area contributed by atoms with Crippen molar-refractivity contribution < 1.29 is 18.0 Å². The molecule has 0 aliphatic carbocycles. The first-order valence-corrected chi connectivity index (χ1v) is 8.63. The molecular formula is C16H30F3N3O. The molecule has 2 aliphatic rings. The molecule has 0 spiro atoms. The number of alkyl halides is 3. The van der Waals surface area contributed by atoms with Crippen molar-refractivity contribution in [1.29, 1.82) is 0 Å². The first-order chi connectivity index (χ1) is 10.9. The summed E-state index contributed by atoms with van der Waals surface area (Å²) in [4.78, 5) is 15.6. The molecule has 0 unspecified atom stereocenters. The van der Waals surface area contributed by atoms with E-state index in [-0.39, 0.29) is 17.9 Å². The zero-order valence-electron chi connectivity index (χ0n) is 14.5. The Morgan fingerprint density at radius 1 is 1.13 bits per heavy atom. The van der Waals surface area contributed by atoms with Crippen molar-refractivity contribution in [2.24, 2.45) is 5.92 Å². The van der Waals surface area contributed by atoms with E-state index in [9.17, 15) is 18.0 Å². The van der Waals surface area contributed by atoms with E-state index in [4.69, 9.17) is 0 Å². The molecule has 2 fully saturated rings. The molecule has 0 atom stereocenters. The van der Waals surface area contributed by atoms with Gasteiger partial charge in [0.1, 0.15) is 0 Å². The Kier molecular flexibility index (Phi) is 8.33. The van der Waals surface area contributed by atoms with E-state index >= 15 is 0 Å². The van der Waals surface area contributed by atoms with Crippen LogP contribution in [0.15, 0.2) is 0 Å². The van der Waals surface area contributed by atoms with Crippen LogP contribution in [0.5, 0.6) is 0 Å². The van der Waals surface area contributed by atoms with Gasteiger partial charge in [-0.05, 0) is 45.8 Å². The Balaban J connectivity index is 0.00000127. The third-order valence-electron chi connectivity index (χ3n) is 4.52. The van der Waals surface area contributed by atoms with Crippen LogP contribution in [-0.2, 0) is 4.79 Å². The average molecular weight is 337 g/mol. The average Bonchev–Trinajstić information content (AvgIpc) is 2.55. The number of hydrogen-bond acceptors (Lipinski definition) is 3. The van der Waals surface area contributed by atoms with Crippen molar-refractivity contribution in [2.75, 3.05) is 39.8 Å². The third-order valence-corrected chi connectivity index (χ3v) is 4.52. The van der Waals surface area contributed by atoms with Crippen LogP contribution in [0.1, 0.15) is 39.5 Å².